The van der Waals surface area contributed by atoms with Crippen LogP contribution in [0.2, 0.25) is 0 Å². The zero-order valence-corrected chi connectivity index (χ0v) is 9.02. The second kappa shape index (κ2) is 3.37. The van der Waals surface area contributed by atoms with Crippen LogP contribution in [0.3, 0.4) is 0 Å². The number of nitrogen functional groups attached to an aromatic ring is 1. The first-order chi connectivity index (χ1) is 7.83. The van der Waals surface area contributed by atoms with Crippen molar-refractivity contribution >= 4 is 5.69 Å². The van der Waals surface area contributed by atoms with Crippen molar-refractivity contribution in [2.45, 2.75) is 24.7 Å². The molecule has 1 aliphatic rings. The molecule has 0 atom stereocenters. The number of rotatable bonds is 2. The summed E-state index contributed by atoms with van der Waals surface area (Å²) in [5.74, 6) is 0.941. The summed E-state index contributed by atoms with van der Waals surface area (Å²) >= 11 is 0. The number of nitrogens with two attached hydrogens (primary N) is 1. The van der Waals surface area contributed by atoms with Gasteiger partial charge in [-0.25, -0.2) is 4.98 Å². The van der Waals surface area contributed by atoms with Gasteiger partial charge in [-0.15, -0.1) is 0 Å². The molecule has 16 heavy (non-hydrogen) atoms. The third kappa shape index (κ3) is 1.18. The van der Waals surface area contributed by atoms with Gasteiger partial charge in [0.15, 0.2) is 6.39 Å². The summed E-state index contributed by atoms with van der Waals surface area (Å²) in [6.45, 7) is 0. The van der Waals surface area contributed by atoms with Gasteiger partial charge in [0.05, 0.1) is 11.6 Å². The number of para-hydroxylation sites is 1. The molecular weight excluding hydrogens is 200 g/mol. The molecule has 2 N–H and O–H groups in total. The van der Waals surface area contributed by atoms with Crippen LogP contribution < -0.4 is 5.73 Å². The molecule has 1 aliphatic carbocycles. The molecule has 0 bridgehead atoms. The van der Waals surface area contributed by atoms with Gasteiger partial charge >= 0.3 is 0 Å². The predicted molar refractivity (Wildman–Crippen MR) is 62.0 cm³/mol. The lowest BCUT2D eigenvalue weighted by Crippen LogP contribution is -2.35. The second-order valence-corrected chi connectivity index (χ2v) is 4.39. The Morgan fingerprint density at radius 3 is 2.62 bits per heavy atom. The Morgan fingerprint density at radius 1 is 1.25 bits per heavy atom. The molecule has 1 heterocycles. The third-order valence-corrected chi connectivity index (χ3v) is 3.59. The van der Waals surface area contributed by atoms with Gasteiger partial charge in [0.1, 0.15) is 5.76 Å². The summed E-state index contributed by atoms with van der Waals surface area (Å²) in [6, 6.07) is 8.04. The minimum absolute atomic E-state index is 0.0259. The zero-order chi connectivity index (χ0) is 11.0. The highest BCUT2D eigenvalue weighted by Crippen LogP contribution is 2.50. The van der Waals surface area contributed by atoms with Crippen LogP contribution in [0.5, 0.6) is 0 Å². The molecule has 1 aromatic heterocycles. The Hall–Kier alpha value is -1.77. The normalized spacial score (nSPS) is 18.0. The maximum atomic E-state index is 6.06. The highest BCUT2D eigenvalue weighted by atomic mass is 16.3. The predicted octanol–water partition coefficient (Wildman–Crippen LogP) is 2.73. The Balaban J connectivity index is 2.13. The molecule has 82 valence electrons. The smallest absolute Gasteiger partial charge is 0.180 e. The first kappa shape index (κ1) is 9.46. The van der Waals surface area contributed by atoms with Crippen molar-refractivity contribution in [3.63, 3.8) is 0 Å². The van der Waals surface area contributed by atoms with Gasteiger partial charge in [-0.1, -0.05) is 24.6 Å². The lowest BCUT2D eigenvalue weighted by Gasteiger charge is -2.40. The van der Waals surface area contributed by atoms with E-state index in [9.17, 15) is 0 Å². The molecule has 0 saturated heterocycles. The van der Waals surface area contributed by atoms with Crippen molar-refractivity contribution in [2.75, 3.05) is 5.73 Å². The largest absolute Gasteiger partial charge is 0.448 e. The summed E-state index contributed by atoms with van der Waals surface area (Å²) in [4.78, 5) is 4.02. The first-order valence-corrected chi connectivity index (χ1v) is 5.57. The zero-order valence-electron chi connectivity index (χ0n) is 9.02. The molecule has 3 rings (SSSR count). The van der Waals surface area contributed by atoms with Gasteiger partial charge < -0.3 is 10.2 Å². The number of oxazole rings is 1. The Bertz CT molecular complexity index is 486. The van der Waals surface area contributed by atoms with Crippen LogP contribution in [0.1, 0.15) is 30.6 Å². The quantitative estimate of drug-likeness (QED) is 0.782. The molecule has 3 nitrogen and oxygen atoms in total. The van der Waals surface area contributed by atoms with Gasteiger partial charge in [0.25, 0.3) is 0 Å². The van der Waals surface area contributed by atoms with Crippen molar-refractivity contribution < 1.29 is 4.42 Å². The SMILES string of the molecule is Nc1ccccc1C1(c2cnco2)CCC1. The standard InChI is InChI=1S/C13H14N2O/c14-11-5-2-1-4-10(11)13(6-3-7-13)12-8-15-9-16-12/h1-2,4-5,8-9H,3,6-7,14H2. The topological polar surface area (TPSA) is 52.0 Å². The van der Waals surface area contributed by atoms with E-state index in [4.69, 9.17) is 10.2 Å². The van der Waals surface area contributed by atoms with Gasteiger partial charge in [-0.3, -0.25) is 0 Å². The van der Waals surface area contributed by atoms with E-state index in [2.05, 4.69) is 11.1 Å². The van der Waals surface area contributed by atoms with Crippen LogP contribution in [0, 0.1) is 0 Å². The lowest BCUT2D eigenvalue weighted by molar-refractivity contribution is 0.250. The molecule has 1 fully saturated rings. The Kier molecular flexibility index (Phi) is 1.99. The fourth-order valence-electron chi connectivity index (χ4n) is 2.56. The minimum atomic E-state index is -0.0259. The summed E-state index contributed by atoms with van der Waals surface area (Å²) in [5, 5.41) is 0. The van der Waals surface area contributed by atoms with E-state index in [1.807, 2.05) is 24.4 Å². The number of anilines is 1. The van der Waals surface area contributed by atoms with Crippen LogP contribution in [0.15, 0.2) is 41.3 Å². The molecule has 3 heteroatoms. The summed E-state index contributed by atoms with van der Waals surface area (Å²) in [5.41, 5.74) is 8.06. The van der Waals surface area contributed by atoms with E-state index in [1.54, 1.807) is 0 Å². The monoisotopic (exact) mass is 214 g/mol. The summed E-state index contributed by atoms with van der Waals surface area (Å²) < 4.78 is 5.48. The van der Waals surface area contributed by atoms with Gasteiger partial charge in [-0.05, 0) is 24.5 Å². The molecular formula is C13H14N2O. The van der Waals surface area contributed by atoms with E-state index in [1.165, 1.54) is 18.4 Å². The van der Waals surface area contributed by atoms with Gasteiger partial charge in [0, 0.05) is 5.69 Å². The highest BCUT2D eigenvalue weighted by molar-refractivity contribution is 5.54. The van der Waals surface area contributed by atoms with Crippen molar-refractivity contribution in [3.05, 3.63) is 48.2 Å². The van der Waals surface area contributed by atoms with Crippen LogP contribution in [0.25, 0.3) is 0 Å². The van der Waals surface area contributed by atoms with Crippen LogP contribution in [-0.2, 0) is 5.41 Å². The molecule has 2 aromatic rings. The molecule has 0 spiro atoms. The summed E-state index contributed by atoms with van der Waals surface area (Å²) in [7, 11) is 0. The average Bonchev–Trinajstić information content (AvgIpc) is 2.73. The minimum Gasteiger partial charge on any atom is -0.448 e. The number of hydrogen-bond donors (Lipinski definition) is 1. The summed E-state index contributed by atoms with van der Waals surface area (Å²) in [6.07, 6.45) is 6.71. The third-order valence-electron chi connectivity index (χ3n) is 3.59. The fraction of sp³-hybridized carbons (Fsp3) is 0.308. The van der Waals surface area contributed by atoms with E-state index in [0.29, 0.717) is 0 Å². The van der Waals surface area contributed by atoms with Crippen molar-refractivity contribution in [1.82, 2.24) is 4.98 Å². The molecule has 0 unspecified atom stereocenters. The van der Waals surface area contributed by atoms with E-state index in [0.717, 1.165) is 24.3 Å². The van der Waals surface area contributed by atoms with E-state index < -0.39 is 0 Å². The van der Waals surface area contributed by atoms with E-state index >= 15 is 0 Å². The number of aromatic nitrogens is 1. The van der Waals surface area contributed by atoms with Crippen LogP contribution >= 0.6 is 0 Å². The maximum Gasteiger partial charge on any atom is 0.180 e. The van der Waals surface area contributed by atoms with Gasteiger partial charge in [0.2, 0.25) is 0 Å². The van der Waals surface area contributed by atoms with Crippen molar-refractivity contribution in [1.29, 1.82) is 0 Å². The Morgan fingerprint density at radius 2 is 2.06 bits per heavy atom. The first-order valence-electron chi connectivity index (χ1n) is 5.57. The van der Waals surface area contributed by atoms with Gasteiger partial charge in [-0.2, -0.15) is 0 Å². The number of nitrogens with zero attached hydrogens (tertiary/aromatic N) is 1. The fourth-order valence-corrected chi connectivity index (χ4v) is 2.56. The lowest BCUT2D eigenvalue weighted by atomic mass is 9.62. The van der Waals surface area contributed by atoms with Crippen LogP contribution in [0.4, 0.5) is 5.69 Å². The van der Waals surface area contributed by atoms with Crippen LogP contribution in [-0.4, -0.2) is 4.98 Å². The molecule has 0 radical (unpaired) electrons. The maximum absolute atomic E-state index is 6.06. The number of hydrogen-bond acceptors (Lipinski definition) is 3. The van der Waals surface area contributed by atoms with E-state index in [-0.39, 0.29) is 5.41 Å². The highest BCUT2D eigenvalue weighted by Gasteiger charge is 2.44. The molecule has 1 aromatic carbocycles. The average molecular weight is 214 g/mol. The molecule has 1 saturated carbocycles. The van der Waals surface area contributed by atoms with Crippen molar-refractivity contribution in [3.8, 4) is 0 Å². The second-order valence-electron chi connectivity index (χ2n) is 4.39. The van der Waals surface area contributed by atoms with Crippen molar-refractivity contribution in [2.24, 2.45) is 0 Å². The molecule has 0 amide bonds. The number of benzene rings is 1. The molecule has 0 aliphatic heterocycles. The Labute approximate surface area is 94.3 Å².